The van der Waals surface area contributed by atoms with Gasteiger partial charge in [0, 0.05) is 44.1 Å². The average molecular weight is 360 g/mol. The summed E-state index contributed by atoms with van der Waals surface area (Å²) < 4.78 is 11.2. The van der Waals surface area contributed by atoms with Crippen LogP contribution in [0.15, 0.2) is 27.8 Å². The average Bonchev–Trinajstić information content (AvgIpc) is 3.40. The van der Waals surface area contributed by atoms with Gasteiger partial charge in [0.15, 0.2) is 5.96 Å². The normalized spacial score (nSPS) is 32.5. The number of hydrogen-bond donors (Lipinski definition) is 1. The lowest BCUT2D eigenvalue weighted by molar-refractivity contribution is 0.156. The highest BCUT2D eigenvalue weighted by Crippen LogP contribution is 2.38. The summed E-state index contributed by atoms with van der Waals surface area (Å²) in [7, 11) is 0. The molecule has 3 atom stereocenters. The maximum Gasteiger partial charge on any atom is 0.194 e. The van der Waals surface area contributed by atoms with Gasteiger partial charge in [-0.15, -0.1) is 0 Å². The van der Waals surface area contributed by atoms with Crippen LogP contribution in [-0.2, 0) is 11.2 Å². The Bertz CT molecular complexity index is 592. The van der Waals surface area contributed by atoms with Crippen molar-refractivity contribution in [3.05, 3.63) is 24.2 Å². The highest BCUT2D eigenvalue weighted by molar-refractivity contribution is 5.80. The number of aliphatic imine (C=N–C) groups is 1. The van der Waals surface area contributed by atoms with Crippen LogP contribution in [-0.4, -0.2) is 49.7 Å². The van der Waals surface area contributed by atoms with Crippen LogP contribution in [0.5, 0.6) is 0 Å². The third-order valence-electron chi connectivity index (χ3n) is 6.55. The van der Waals surface area contributed by atoms with Crippen molar-refractivity contribution in [3.63, 3.8) is 0 Å². The van der Waals surface area contributed by atoms with E-state index in [1.54, 1.807) is 6.26 Å². The molecule has 1 spiro atoms. The summed E-state index contributed by atoms with van der Waals surface area (Å²) in [4.78, 5) is 7.48. The summed E-state index contributed by atoms with van der Waals surface area (Å²) in [5.74, 6) is 2.85. The van der Waals surface area contributed by atoms with Crippen LogP contribution in [0.1, 0.15) is 51.2 Å². The lowest BCUT2D eigenvalue weighted by Crippen LogP contribution is -2.49. The number of nitrogens with zero attached hydrogens (tertiary/aromatic N) is 2. The number of hydrogen-bond acceptors (Lipinski definition) is 3. The predicted molar refractivity (Wildman–Crippen MR) is 103 cm³/mol. The second kappa shape index (κ2) is 8.03. The summed E-state index contributed by atoms with van der Waals surface area (Å²) >= 11 is 0. The Morgan fingerprint density at radius 2 is 2.27 bits per heavy atom. The monoisotopic (exact) mass is 359 g/mol. The van der Waals surface area contributed by atoms with Gasteiger partial charge in [0.1, 0.15) is 5.76 Å². The number of furan rings is 1. The fourth-order valence-corrected chi connectivity index (χ4v) is 4.75. The lowest BCUT2D eigenvalue weighted by Gasteiger charge is -2.34. The largest absolute Gasteiger partial charge is 0.469 e. The molecule has 2 saturated heterocycles. The minimum absolute atomic E-state index is 0.363. The van der Waals surface area contributed by atoms with Crippen molar-refractivity contribution in [1.82, 2.24) is 10.2 Å². The molecule has 1 aromatic heterocycles. The zero-order valence-corrected chi connectivity index (χ0v) is 16.1. The second-order valence-corrected chi connectivity index (χ2v) is 8.52. The summed E-state index contributed by atoms with van der Waals surface area (Å²) in [6.45, 7) is 7.18. The molecule has 3 unspecified atom stereocenters. The topological polar surface area (TPSA) is 50.0 Å². The fraction of sp³-hybridized carbons (Fsp3) is 0.762. The molecule has 2 aliphatic heterocycles. The van der Waals surface area contributed by atoms with Crippen molar-refractivity contribution in [1.29, 1.82) is 0 Å². The molecule has 0 amide bonds. The van der Waals surface area contributed by atoms with E-state index in [1.807, 2.05) is 12.1 Å². The quantitative estimate of drug-likeness (QED) is 0.661. The van der Waals surface area contributed by atoms with Crippen molar-refractivity contribution in [3.8, 4) is 0 Å². The molecule has 0 bridgehead atoms. The molecule has 144 valence electrons. The Hall–Kier alpha value is -1.49. The fourth-order valence-electron chi connectivity index (χ4n) is 4.75. The highest BCUT2D eigenvalue weighted by Gasteiger charge is 2.42. The molecule has 3 fully saturated rings. The van der Waals surface area contributed by atoms with E-state index in [0.29, 0.717) is 11.5 Å². The Morgan fingerprint density at radius 3 is 3.04 bits per heavy atom. The summed E-state index contributed by atoms with van der Waals surface area (Å²) in [5.41, 5.74) is 0.363. The summed E-state index contributed by atoms with van der Waals surface area (Å²) in [5, 5.41) is 3.84. The van der Waals surface area contributed by atoms with Gasteiger partial charge in [-0.25, -0.2) is 0 Å². The van der Waals surface area contributed by atoms with E-state index in [4.69, 9.17) is 14.1 Å². The first-order valence-corrected chi connectivity index (χ1v) is 10.4. The Labute approximate surface area is 157 Å². The van der Waals surface area contributed by atoms with Gasteiger partial charge in [0.25, 0.3) is 0 Å². The molecule has 1 N–H and O–H groups in total. The molecular formula is C21H33N3O2. The van der Waals surface area contributed by atoms with E-state index in [1.165, 1.54) is 38.5 Å². The predicted octanol–water partition coefficient (Wildman–Crippen LogP) is 3.46. The standard InChI is InChI=1S/C21H33N3O2/c1-17-5-2-3-7-19(17)23-20(22-11-8-18-6-4-13-26-18)24-12-9-21(15-24)10-14-25-16-21/h4,6,13,17,19H,2-3,5,7-12,14-16H2,1H3,(H,22,23). The minimum atomic E-state index is 0.363. The van der Waals surface area contributed by atoms with Crippen molar-refractivity contribution in [2.24, 2.45) is 16.3 Å². The van der Waals surface area contributed by atoms with Crippen LogP contribution in [0.2, 0.25) is 0 Å². The van der Waals surface area contributed by atoms with Crippen molar-refractivity contribution in [2.75, 3.05) is 32.8 Å². The number of ether oxygens (including phenoxy) is 1. The van der Waals surface area contributed by atoms with Crippen molar-refractivity contribution < 1.29 is 9.15 Å². The smallest absolute Gasteiger partial charge is 0.194 e. The second-order valence-electron chi connectivity index (χ2n) is 8.52. The first-order chi connectivity index (χ1) is 12.7. The van der Waals surface area contributed by atoms with Crippen LogP contribution >= 0.6 is 0 Å². The lowest BCUT2D eigenvalue weighted by atomic mass is 9.86. The van der Waals surface area contributed by atoms with Gasteiger partial charge in [-0.05, 0) is 43.7 Å². The van der Waals surface area contributed by atoms with Crippen molar-refractivity contribution in [2.45, 2.75) is 57.9 Å². The summed E-state index contributed by atoms with van der Waals surface area (Å²) in [6, 6.07) is 4.54. The van der Waals surface area contributed by atoms with E-state index in [0.717, 1.165) is 56.9 Å². The van der Waals surface area contributed by atoms with E-state index in [2.05, 4.69) is 17.1 Å². The van der Waals surface area contributed by atoms with E-state index < -0.39 is 0 Å². The molecule has 4 rings (SSSR count). The minimum Gasteiger partial charge on any atom is -0.469 e. The third-order valence-corrected chi connectivity index (χ3v) is 6.55. The van der Waals surface area contributed by atoms with Gasteiger partial charge in [-0.3, -0.25) is 4.99 Å². The van der Waals surface area contributed by atoms with Gasteiger partial charge in [0.2, 0.25) is 0 Å². The first kappa shape index (κ1) is 17.9. The first-order valence-electron chi connectivity index (χ1n) is 10.4. The molecule has 0 aromatic carbocycles. The Balaban J connectivity index is 1.43. The molecule has 3 heterocycles. The van der Waals surface area contributed by atoms with Crippen LogP contribution in [0.4, 0.5) is 0 Å². The van der Waals surface area contributed by atoms with Crippen molar-refractivity contribution >= 4 is 5.96 Å². The molecule has 1 aliphatic carbocycles. The van der Waals surface area contributed by atoms with Gasteiger partial charge in [0.05, 0.1) is 12.9 Å². The zero-order chi connectivity index (χ0) is 17.8. The molecule has 1 saturated carbocycles. The molecule has 5 heteroatoms. The number of likely N-dealkylation sites (tertiary alicyclic amines) is 1. The van der Waals surface area contributed by atoms with Crippen LogP contribution < -0.4 is 5.32 Å². The highest BCUT2D eigenvalue weighted by atomic mass is 16.5. The molecular weight excluding hydrogens is 326 g/mol. The molecule has 3 aliphatic rings. The number of rotatable bonds is 4. The molecule has 0 radical (unpaired) electrons. The van der Waals surface area contributed by atoms with Crippen LogP contribution in [0.25, 0.3) is 0 Å². The molecule has 1 aromatic rings. The maximum atomic E-state index is 5.71. The van der Waals surface area contributed by atoms with Gasteiger partial charge in [-0.1, -0.05) is 19.8 Å². The Morgan fingerprint density at radius 1 is 1.35 bits per heavy atom. The van der Waals surface area contributed by atoms with Gasteiger partial charge >= 0.3 is 0 Å². The van der Waals surface area contributed by atoms with Gasteiger partial charge < -0.3 is 19.4 Å². The zero-order valence-electron chi connectivity index (χ0n) is 16.1. The molecule has 26 heavy (non-hydrogen) atoms. The van der Waals surface area contributed by atoms with Crippen LogP contribution in [0.3, 0.4) is 0 Å². The van der Waals surface area contributed by atoms with E-state index in [-0.39, 0.29) is 0 Å². The number of guanidine groups is 1. The van der Waals surface area contributed by atoms with E-state index in [9.17, 15) is 0 Å². The summed E-state index contributed by atoms with van der Waals surface area (Å²) in [6.07, 6.45) is 10.3. The number of nitrogens with one attached hydrogen (secondary N) is 1. The maximum absolute atomic E-state index is 5.71. The third kappa shape index (κ3) is 4.08. The van der Waals surface area contributed by atoms with Crippen LogP contribution in [0, 0.1) is 11.3 Å². The van der Waals surface area contributed by atoms with Gasteiger partial charge in [-0.2, -0.15) is 0 Å². The van der Waals surface area contributed by atoms with E-state index >= 15 is 0 Å². The Kier molecular flexibility index (Phi) is 5.53. The SMILES string of the molecule is CC1CCCCC1NC(=NCCc1ccco1)N1CCC2(CCOC2)C1. The molecule has 5 nitrogen and oxygen atoms in total.